The minimum absolute atomic E-state index is 0.217. The summed E-state index contributed by atoms with van der Waals surface area (Å²) in [6, 6.07) is 16.6. The van der Waals surface area contributed by atoms with Crippen molar-refractivity contribution < 1.29 is 17.6 Å². The van der Waals surface area contributed by atoms with Crippen LogP contribution < -0.4 is 4.90 Å². The Morgan fingerprint density at radius 3 is 2.46 bits per heavy atom. The molecule has 0 N–H and O–H groups in total. The maximum Gasteiger partial charge on any atom is 0.417 e. The van der Waals surface area contributed by atoms with Gasteiger partial charge in [-0.25, -0.2) is 9.97 Å². The van der Waals surface area contributed by atoms with Gasteiger partial charge in [0.15, 0.2) is 5.58 Å². The van der Waals surface area contributed by atoms with E-state index >= 15 is 0 Å². The van der Waals surface area contributed by atoms with E-state index < -0.39 is 11.7 Å². The topological polar surface area (TPSA) is 66.0 Å². The Morgan fingerprint density at radius 2 is 1.85 bits per heavy atom. The SMILES string of the molecule is CC(C)c1cc(C#N)cc2nc(-c3ccc(SCCC4CCN(c5ccc(C(F)(F)F)cn5)CC4)cc3)oc12. The van der Waals surface area contributed by atoms with E-state index in [9.17, 15) is 18.4 Å². The number of benzene rings is 2. The molecule has 1 aliphatic rings. The van der Waals surface area contributed by atoms with Crippen molar-refractivity contribution in [3.8, 4) is 17.5 Å². The Morgan fingerprint density at radius 1 is 1.10 bits per heavy atom. The summed E-state index contributed by atoms with van der Waals surface area (Å²) < 4.78 is 44.5. The maximum atomic E-state index is 12.8. The normalized spacial score (nSPS) is 14.7. The molecule has 5 rings (SSSR count). The number of anilines is 1. The average molecular weight is 551 g/mol. The summed E-state index contributed by atoms with van der Waals surface area (Å²) in [6.07, 6.45) is -0.342. The van der Waals surface area contributed by atoms with Crippen molar-refractivity contribution in [1.82, 2.24) is 9.97 Å². The molecule has 0 aliphatic carbocycles. The van der Waals surface area contributed by atoms with Crippen LogP contribution in [0.15, 0.2) is 64.0 Å². The lowest BCUT2D eigenvalue weighted by molar-refractivity contribution is -0.137. The maximum absolute atomic E-state index is 12.8. The molecule has 5 nitrogen and oxygen atoms in total. The van der Waals surface area contributed by atoms with E-state index in [0.717, 1.165) is 67.1 Å². The second kappa shape index (κ2) is 11.3. The zero-order chi connectivity index (χ0) is 27.6. The van der Waals surface area contributed by atoms with Gasteiger partial charge in [0, 0.05) is 35.3 Å². The molecule has 0 atom stereocenters. The smallest absolute Gasteiger partial charge is 0.417 e. The molecule has 4 aromatic rings. The third-order valence-electron chi connectivity index (χ3n) is 7.18. The molecule has 0 amide bonds. The third-order valence-corrected chi connectivity index (χ3v) is 8.23. The molecule has 0 bridgehead atoms. The van der Waals surface area contributed by atoms with E-state index in [-0.39, 0.29) is 5.92 Å². The van der Waals surface area contributed by atoms with Crippen LogP contribution in [-0.4, -0.2) is 28.8 Å². The lowest BCUT2D eigenvalue weighted by atomic mass is 9.94. The van der Waals surface area contributed by atoms with Gasteiger partial charge in [0.2, 0.25) is 5.89 Å². The number of alkyl halides is 3. The second-order valence-corrected chi connectivity index (χ2v) is 11.4. The summed E-state index contributed by atoms with van der Waals surface area (Å²) in [5.74, 6) is 2.97. The van der Waals surface area contributed by atoms with Crippen LogP contribution in [0.3, 0.4) is 0 Å². The Kier molecular flexibility index (Phi) is 7.85. The number of oxazole rings is 1. The summed E-state index contributed by atoms with van der Waals surface area (Å²) in [4.78, 5) is 11.9. The fourth-order valence-corrected chi connectivity index (χ4v) is 5.92. The van der Waals surface area contributed by atoms with Crippen molar-refractivity contribution >= 4 is 28.7 Å². The number of nitriles is 1. The minimum atomic E-state index is -4.36. The lowest BCUT2D eigenvalue weighted by Gasteiger charge is -2.32. The number of piperidine rings is 1. The molecular formula is C30H29F3N4OS. The summed E-state index contributed by atoms with van der Waals surface area (Å²) >= 11 is 1.82. The summed E-state index contributed by atoms with van der Waals surface area (Å²) in [7, 11) is 0. The number of pyridine rings is 1. The van der Waals surface area contributed by atoms with Crippen LogP contribution in [0.4, 0.5) is 19.0 Å². The number of nitrogens with zero attached hydrogens (tertiary/aromatic N) is 4. The molecule has 1 fully saturated rings. The van der Waals surface area contributed by atoms with Crippen molar-refractivity contribution in [3.63, 3.8) is 0 Å². The number of thioether (sulfide) groups is 1. The number of rotatable bonds is 7. The Bertz CT molecular complexity index is 1470. The van der Waals surface area contributed by atoms with E-state index in [4.69, 9.17) is 4.42 Å². The number of hydrogen-bond donors (Lipinski definition) is 0. The molecule has 0 saturated carbocycles. The number of halogens is 3. The van der Waals surface area contributed by atoms with Crippen LogP contribution in [-0.2, 0) is 6.18 Å². The molecule has 0 spiro atoms. The fraction of sp³-hybridized carbons (Fsp3) is 0.367. The van der Waals surface area contributed by atoms with Crippen LogP contribution in [0.25, 0.3) is 22.6 Å². The molecule has 39 heavy (non-hydrogen) atoms. The molecular weight excluding hydrogens is 521 g/mol. The lowest BCUT2D eigenvalue weighted by Crippen LogP contribution is -2.34. The highest BCUT2D eigenvalue weighted by Crippen LogP contribution is 2.34. The van der Waals surface area contributed by atoms with E-state index in [1.54, 1.807) is 6.07 Å². The van der Waals surface area contributed by atoms with Crippen LogP contribution in [0.1, 0.15) is 55.7 Å². The highest BCUT2D eigenvalue weighted by Gasteiger charge is 2.31. The molecule has 0 unspecified atom stereocenters. The number of hydrogen-bond acceptors (Lipinski definition) is 6. The number of fused-ring (bicyclic) bond motifs is 1. The van der Waals surface area contributed by atoms with Crippen LogP contribution in [0, 0.1) is 17.2 Å². The summed E-state index contributed by atoms with van der Waals surface area (Å²) in [5.41, 5.74) is 3.18. The standard InChI is InChI=1S/C30H29F3N4OS/c1-19(2)25-15-21(17-34)16-26-28(25)38-29(36-26)22-3-6-24(7-4-22)39-14-11-20-9-12-37(13-10-20)27-8-5-23(18-35-27)30(31,32)33/h3-8,15-16,18-20H,9-14H2,1-2H3. The number of aromatic nitrogens is 2. The van der Waals surface area contributed by atoms with Gasteiger partial charge in [0.25, 0.3) is 0 Å². The molecule has 9 heteroatoms. The summed E-state index contributed by atoms with van der Waals surface area (Å²) in [6.45, 7) is 5.76. The van der Waals surface area contributed by atoms with Gasteiger partial charge in [-0.1, -0.05) is 13.8 Å². The fourth-order valence-electron chi connectivity index (χ4n) is 4.90. The molecule has 202 valence electrons. The highest BCUT2D eigenvalue weighted by molar-refractivity contribution is 7.99. The first-order valence-corrected chi connectivity index (χ1v) is 14.1. The largest absolute Gasteiger partial charge is 0.436 e. The van der Waals surface area contributed by atoms with Gasteiger partial charge in [0.05, 0.1) is 17.2 Å². The first-order valence-electron chi connectivity index (χ1n) is 13.1. The predicted octanol–water partition coefficient (Wildman–Crippen LogP) is 8.30. The Balaban J connectivity index is 1.13. The van der Waals surface area contributed by atoms with Crippen molar-refractivity contribution in [3.05, 3.63) is 71.4 Å². The van der Waals surface area contributed by atoms with Gasteiger partial charge in [-0.05, 0) is 85.4 Å². The zero-order valence-corrected chi connectivity index (χ0v) is 22.6. The average Bonchev–Trinajstić information content (AvgIpc) is 3.37. The van der Waals surface area contributed by atoms with Crippen molar-refractivity contribution in [1.29, 1.82) is 5.26 Å². The van der Waals surface area contributed by atoms with Gasteiger partial charge in [-0.15, -0.1) is 11.8 Å². The first-order chi connectivity index (χ1) is 18.7. The van der Waals surface area contributed by atoms with Crippen molar-refractivity contribution in [2.75, 3.05) is 23.7 Å². The summed E-state index contributed by atoms with van der Waals surface area (Å²) in [5, 5.41) is 9.35. The first kappa shape index (κ1) is 27.1. The minimum Gasteiger partial charge on any atom is -0.436 e. The van der Waals surface area contributed by atoms with E-state index in [1.807, 2.05) is 30.0 Å². The van der Waals surface area contributed by atoms with Gasteiger partial charge in [-0.2, -0.15) is 18.4 Å². The Hall–Kier alpha value is -3.51. The molecule has 0 radical (unpaired) electrons. The molecule has 2 aromatic heterocycles. The highest BCUT2D eigenvalue weighted by atomic mass is 32.2. The van der Waals surface area contributed by atoms with Crippen molar-refractivity contribution in [2.45, 2.75) is 50.1 Å². The van der Waals surface area contributed by atoms with Crippen LogP contribution in [0.2, 0.25) is 0 Å². The van der Waals surface area contributed by atoms with Gasteiger partial charge >= 0.3 is 6.18 Å². The third kappa shape index (κ3) is 6.22. The molecule has 1 aliphatic heterocycles. The van der Waals surface area contributed by atoms with Gasteiger partial charge in [0.1, 0.15) is 11.3 Å². The van der Waals surface area contributed by atoms with Gasteiger partial charge < -0.3 is 9.32 Å². The monoisotopic (exact) mass is 550 g/mol. The molecule has 1 saturated heterocycles. The quantitative estimate of drug-likeness (QED) is 0.216. The van der Waals surface area contributed by atoms with Crippen LogP contribution >= 0.6 is 11.8 Å². The predicted molar refractivity (Wildman–Crippen MR) is 148 cm³/mol. The van der Waals surface area contributed by atoms with E-state index in [1.165, 1.54) is 11.0 Å². The second-order valence-electron chi connectivity index (χ2n) is 10.2. The Labute approximate surface area is 230 Å². The van der Waals surface area contributed by atoms with Gasteiger partial charge in [-0.3, -0.25) is 0 Å². The van der Waals surface area contributed by atoms with Crippen molar-refractivity contribution in [2.24, 2.45) is 5.92 Å². The van der Waals surface area contributed by atoms with E-state index in [2.05, 4.69) is 46.9 Å². The van der Waals surface area contributed by atoms with E-state index in [0.29, 0.717) is 28.7 Å². The van der Waals surface area contributed by atoms with Crippen LogP contribution in [0.5, 0.6) is 0 Å². The zero-order valence-electron chi connectivity index (χ0n) is 21.8. The molecule has 2 aromatic carbocycles. The molecule has 3 heterocycles.